The van der Waals surface area contributed by atoms with E-state index in [1.54, 1.807) is 19.1 Å². The Kier molecular flexibility index (Phi) is 7.40. The second-order valence-corrected chi connectivity index (χ2v) is 12.3. The Bertz CT molecular complexity index is 1330. The standard InChI is InChI=1S/C30H36N2O9/c1-13-15-9-6-10-16(33)19(15)24(35)20-18(13)26(41-17(34)12-11-14-7-4-5-8-14)22-23(32(2)3)25(36)21(29(31)39)28(38)30(22,40)27(20)37/h6,9-10,13-14,18,20-23,26,33,40H,4-5,7-8,11-12H2,1-3H3,(H2,31,39)/t13-,18+,20?,21?,22+,23-,26-,30-/m1/s1. The van der Waals surface area contributed by atoms with Gasteiger partial charge in [-0.25, -0.2) is 0 Å². The second kappa shape index (κ2) is 10.4. The fourth-order valence-electron chi connectivity index (χ4n) is 7.90. The molecule has 220 valence electrons. The maximum atomic E-state index is 14.2. The van der Waals surface area contributed by atoms with Gasteiger partial charge in [-0.2, -0.15) is 0 Å². The molecule has 11 heteroatoms. The van der Waals surface area contributed by atoms with Crippen LogP contribution in [0.25, 0.3) is 0 Å². The number of nitrogens with zero attached hydrogens (tertiary/aromatic N) is 1. The van der Waals surface area contributed by atoms with Gasteiger partial charge in [0.2, 0.25) is 5.91 Å². The molecule has 0 saturated heterocycles. The molecule has 3 fully saturated rings. The van der Waals surface area contributed by atoms with Gasteiger partial charge in [0.15, 0.2) is 34.7 Å². The third kappa shape index (κ3) is 4.32. The molecule has 1 aromatic carbocycles. The van der Waals surface area contributed by atoms with Crippen molar-refractivity contribution in [2.24, 2.45) is 35.3 Å². The van der Waals surface area contributed by atoms with Crippen LogP contribution in [-0.2, 0) is 28.7 Å². The van der Waals surface area contributed by atoms with Crippen molar-refractivity contribution in [2.75, 3.05) is 14.1 Å². The highest BCUT2D eigenvalue weighted by Crippen LogP contribution is 2.55. The van der Waals surface area contributed by atoms with Crippen LogP contribution in [-0.4, -0.2) is 82.0 Å². The van der Waals surface area contributed by atoms with Crippen molar-refractivity contribution in [1.82, 2.24) is 4.90 Å². The molecule has 0 aliphatic heterocycles. The molecule has 3 saturated carbocycles. The van der Waals surface area contributed by atoms with Crippen molar-refractivity contribution in [3.63, 3.8) is 0 Å². The average Bonchev–Trinajstić information content (AvgIpc) is 3.42. The second-order valence-electron chi connectivity index (χ2n) is 12.3. The van der Waals surface area contributed by atoms with Crippen LogP contribution >= 0.6 is 0 Å². The number of hydrogen-bond acceptors (Lipinski definition) is 10. The minimum Gasteiger partial charge on any atom is -0.507 e. The number of phenolic OH excluding ortho intramolecular Hbond substituents is 1. The molecule has 11 nitrogen and oxygen atoms in total. The fraction of sp³-hybridized carbons (Fsp3) is 0.600. The van der Waals surface area contributed by atoms with Gasteiger partial charge >= 0.3 is 5.97 Å². The fourth-order valence-corrected chi connectivity index (χ4v) is 7.90. The van der Waals surface area contributed by atoms with E-state index < -0.39 is 82.3 Å². The van der Waals surface area contributed by atoms with E-state index in [1.165, 1.54) is 25.1 Å². The molecule has 2 unspecified atom stereocenters. The lowest BCUT2D eigenvalue weighted by atomic mass is 9.49. The minimum absolute atomic E-state index is 0.0514. The van der Waals surface area contributed by atoms with Crippen molar-refractivity contribution < 1.29 is 43.7 Å². The van der Waals surface area contributed by atoms with Gasteiger partial charge in [0.05, 0.1) is 23.4 Å². The third-order valence-electron chi connectivity index (χ3n) is 9.82. The van der Waals surface area contributed by atoms with Crippen LogP contribution in [0.4, 0.5) is 0 Å². The number of Topliss-reactive ketones (excluding diaryl/α,β-unsaturated/α-hetero) is 4. The van der Waals surface area contributed by atoms with E-state index in [1.807, 2.05) is 0 Å². The minimum atomic E-state index is -3.02. The summed E-state index contributed by atoms with van der Waals surface area (Å²) in [7, 11) is 2.96. The Morgan fingerprint density at radius 2 is 1.76 bits per heavy atom. The zero-order valence-electron chi connectivity index (χ0n) is 23.4. The number of primary amides is 1. The molecule has 0 aromatic heterocycles. The van der Waals surface area contributed by atoms with Crippen molar-refractivity contribution in [1.29, 1.82) is 0 Å². The predicted octanol–water partition coefficient (Wildman–Crippen LogP) is 0.920. The molecule has 0 radical (unpaired) electrons. The Labute approximate surface area is 237 Å². The molecule has 41 heavy (non-hydrogen) atoms. The summed E-state index contributed by atoms with van der Waals surface area (Å²) in [5.74, 6) is -13.4. The average molecular weight is 569 g/mol. The van der Waals surface area contributed by atoms with Gasteiger partial charge in [-0.3, -0.25) is 33.7 Å². The highest BCUT2D eigenvalue weighted by molar-refractivity contribution is 6.32. The first-order chi connectivity index (χ1) is 19.3. The van der Waals surface area contributed by atoms with Crippen LogP contribution in [0.1, 0.15) is 67.3 Å². The summed E-state index contributed by atoms with van der Waals surface area (Å²) >= 11 is 0. The Morgan fingerprint density at radius 3 is 2.37 bits per heavy atom. The summed E-state index contributed by atoms with van der Waals surface area (Å²) in [4.78, 5) is 82.3. The number of benzene rings is 1. The zero-order valence-corrected chi connectivity index (χ0v) is 23.4. The molecule has 4 aliphatic carbocycles. The smallest absolute Gasteiger partial charge is 0.306 e. The number of nitrogens with two attached hydrogens (primary N) is 1. The van der Waals surface area contributed by atoms with Crippen molar-refractivity contribution in [3.05, 3.63) is 29.3 Å². The number of fused-ring (bicyclic) bond motifs is 3. The van der Waals surface area contributed by atoms with E-state index >= 15 is 0 Å². The lowest BCUT2D eigenvalue weighted by Gasteiger charge is -2.56. The van der Waals surface area contributed by atoms with Crippen LogP contribution in [0.3, 0.4) is 0 Å². The number of ether oxygens (including phenoxy) is 1. The van der Waals surface area contributed by atoms with Gasteiger partial charge in [0.25, 0.3) is 0 Å². The van der Waals surface area contributed by atoms with Crippen LogP contribution in [0, 0.1) is 29.6 Å². The van der Waals surface area contributed by atoms with Crippen LogP contribution in [0.2, 0.25) is 0 Å². The summed E-state index contributed by atoms with van der Waals surface area (Å²) in [5, 5.41) is 22.6. The summed E-state index contributed by atoms with van der Waals surface area (Å²) in [6, 6.07) is 3.07. The Balaban J connectivity index is 1.66. The van der Waals surface area contributed by atoms with E-state index in [2.05, 4.69) is 0 Å². The van der Waals surface area contributed by atoms with Gasteiger partial charge in [0.1, 0.15) is 11.9 Å². The number of rotatable bonds is 6. The summed E-state index contributed by atoms with van der Waals surface area (Å²) in [6.45, 7) is 1.71. The SMILES string of the molecule is C[C@@H]1c2cccc(O)c2C(=O)C2C(=O)[C@@]3(O)C(=O)C(C(N)=O)C(=O)[C@H](N(C)C)[C@H]3[C@H](OC(=O)CCC3CCCC3)[C@H]21. The number of likely N-dealkylation sites (N-methyl/N-ethyl adjacent to an activating group) is 1. The maximum Gasteiger partial charge on any atom is 0.306 e. The Morgan fingerprint density at radius 1 is 1.10 bits per heavy atom. The number of amides is 1. The topological polar surface area (TPSA) is 181 Å². The van der Waals surface area contributed by atoms with Crippen LogP contribution in [0.15, 0.2) is 18.2 Å². The van der Waals surface area contributed by atoms with Gasteiger partial charge in [-0.15, -0.1) is 0 Å². The quantitative estimate of drug-likeness (QED) is 0.330. The monoisotopic (exact) mass is 568 g/mol. The summed E-state index contributed by atoms with van der Waals surface area (Å²) in [6.07, 6.45) is 3.40. The number of aliphatic hydroxyl groups is 1. The van der Waals surface area contributed by atoms with E-state index in [9.17, 15) is 39.0 Å². The predicted molar refractivity (Wildman–Crippen MR) is 143 cm³/mol. The summed E-state index contributed by atoms with van der Waals surface area (Å²) in [5.41, 5.74) is 2.70. The first-order valence-electron chi connectivity index (χ1n) is 14.2. The molecule has 5 rings (SSSR count). The maximum absolute atomic E-state index is 14.2. The number of ketones is 4. The summed E-state index contributed by atoms with van der Waals surface area (Å²) < 4.78 is 6.03. The largest absolute Gasteiger partial charge is 0.507 e. The molecule has 0 heterocycles. The Hall–Kier alpha value is -3.44. The molecule has 4 N–H and O–H groups in total. The highest BCUT2D eigenvalue weighted by Gasteiger charge is 2.74. The molecule has 1 amide bonds. The molecule has 1 aromatic rings. The molecule has 4 aliphatic rings. The van der Waals surface area contributed by atoms with Crippen LogP contribution < -0.4 is 5.73 Å². The third-order valence-corrected chi connectivity index (χ3v) is 9.82. The molecular weight excluding hydrogens is 532 g/mol. The number of hydrogen-bond donors (Lipinski definition) is 3. The van der Waals surface area contributed by atoms with Crippen molar-refractivity contribution in [3.8, 4) is 5.75 Å². The number of carbonyl (C=O) groups is 6. The number of esters is 1. The van der Waals surface area contributed by atoms with E-state index in [-0.39, 0.29) is 17.7 Å². The van der Waals surface area contributed by atoms with Crippen molar-refractivity contribution in [2.45, 2.75) is 69.1 Å². The van der Waals surface area contributed by atoms with Gasteiger partial charge in [-0.1, -0.05) is 44.7 Å². The normalized spacial score (nSPS) is 35.2. The van der Waals surface area contributed by atoms with Gasteiger partial charge in [0, 0.05) is 12.3 Å². The molecule has 0 bridgehead atoms. The zero-order chi connectivity index (χ0) is 30.0. The first-order valence-corrected chi connectivity index (χ1v) is 14.2. The van der Waals surface area contributed by atoms with Crippen molar-refractivity contribution >= 4 is 35.0 Å². The number of carbonyl (C=O) groups excluding carboxylic acids is 6. The number of aromatic hydroxyl groups is 1. The molecular formula is C30H36N2O9. The molecule has 8 atom stereocenters. The van der Waals surface area contributed by atoms with Gasteiger partial charge < -0.3 is 20.7 Å². The lowest BCUT2D eigenvalue weighted by Crippen LogP contribution is -2.78. The van der Waals surface area contributed by atoms with Gasteiger partial charge in [-0.05, 0) is 44.0 Å². The highest BCUT2D eigenvalue weighted by atomic mass is 16.5. The first kappa shape index (κ1) is 29.1. The van der Waals surface area contributed by atoms with Crippen LogP contribution in [0.5, 0.6) is 5.75 Å². The van der Waals surface area contributed by atoms with E-state index in [4.69, 9.17) is 10.5 Å². The van der Waals surface area contributed by atoms with E-state index in [0.717, 1.165) is 25.7 Å². The van der Waals surface area contributed by atoms with E-state index in [0.29, 0.717) is 17.9 Å². The number of phenols is 1. The lowest BCUT2D eigenvalue weighted by molar-refractivity contribution is -0.205. The molecule has 0 spiro atoms.